The van der Waals surface area contributed by atoms with E-state index >= 15 is 0 Å². The van der Waals surface area contributed by atoms with Crippen molar-refractivity contribution < 1.29 is 4.79 Å². The van der Waals surface area contributed by atoms with E-state index in [2.05, 4.69) is 21.9 Å². The average Bonchev–Trinajstić information content (AvgIpc) is 2.82. The molecule has 0 aliphatic rings. The van der Waals surface area contributed by atoms with E-state index in [1.807, 2.05) is 0 Å². The predicted molar refractivity (Wildman–Crippen MR) is 75.7 cm³/mol. The van der Waals surface area contributed by atoms with Gasteiger partial charge in [-0.3, -0.25) is 4.79 Å². The van der Waals surface area contributed by atoms with Gasteiger partial charge < -0.3 is 10.3 Å². The lowest BCUT2D eigenvalue weighted by molar-refractivity contribution is 0.0952. The van der Waals surface area contributed by atoms with E-state index in [0.717, 1.165) is 4.88 Å². The molecular weight excluding hydrogens is 286 g/mol. The molecule has 2 aromatic rings. The van der Waals surface area contributed by atoms with E-state index in [9.17, 15) is 9.59 Å². The molecule has 2 aromatic heterocycles. The molecule has 0 aliphatic heterocycles. The Balaban J connectivity index is 2.37. The van der Waals surface area contributed by atoms with Gasteiger partial charge in [-0.05, 0) is 18.2 Å². The minimum Gasteiger partial charge on any atom is -0.347 e. The van der Waals surface area contributed by atoms with Crippen LogP contribution in [0.5, 0.6) is 0 Å². The minimum absolute atomic E-state index is 0.0603. The van der Waals surface area contributed by atoms with Gasteiger partial charge in [0.1, 0.15) is 5.69 Å². The van der Waals surface area contributed by atoms with Crippen LogP contribution in [0.25, 0.3) is 10.6 Å². The summed E-state index contributed by atoms with van der Waals surface area (Å²) in [7, 11) is 0. The van der Waals surface area contributed by atoms with Crippen molar-refractivity contribution in [2.24, 2.45) is 0 Å². The van der Waals surface area contributed by atoms with Gasteiger partial charge in [-0.15, -0.1) is 17.9 Å². The van der Waals surface area contributed by atoms with E-state index in [4.69, 9.17) is 11.6 Å². The van der Waals surface area contributed by atoms with Crippen LogP contribution in [0.1, 0.15) is 10.5 Å². The fraction of sp³-hybridized carbons (Fsp3) is 0.0833. The third kappa shape index (κ3) is 3.30. The molecule has 0 saturated carbocycles. The Bertz CT molecular complexity index is 678. The number of thiophene rings is 1. The number of rotatable bonds is 4. The number of halogens is 1. The van der Waals surface area contributed by atoms with Crippen LogP contribution in [-0.2, 0) is 0 Å². The summed E-state index contributed by atoms with van der Waals surface area (Å²) in [6.45, 7) is 3.81. The van der Waals surface area contributed by atoms with E-state index in [1.165, 1.54) is 17.4 Å². The summed E-state index contributed by atoms with van der Waals surface area (Å²) in [6.07, 6.45) is 1.55. The minimum atomic E-state index is -0.578. The maximum atomic E-state index is 11.7. The summed E-state index contributed by atoms with van der Waals surface area (Å²) >= 11 is 7.15. The number of aromatic nitrogens is 2. The van der Waals surface area contributed by atoms with Crippen molar-refractivity contribution in [2.75, 3.05) is 6.54 Å². The zero-order valence-electron chi connectivity index (χ0n) is 9.77. The number of H-pyrrole nitrogens is 1. The highest BCUT2D eigenvalue weighted by atomic mass is 35.5. The number of hydrogen-bond donors (Lipinski definition) is 2. The van der Waals surface area contributed by atoms with Crippen LogP contribution in [0.15, 0.2) is 35.6 Å². The van der Waals surface area contributed by atoms with E-state index in [-0.39, 0.29) is 5.69 Å². The van der Waals surface area contributed by atoms with Crippen molar-refractivity contribution >= 4 is 28.8 Å². The Morgan fingerprint density at radius 1 is 1.58 bits per heavy atom. The topological polar surface area (TPSA) is 74.8 Å². The molecule has 0 atom stereocenters. The van der Waals surface area contributed by atoms with Crippen molar-refractivity contribution in [3.05, 3.63) is 51.4 Å². The molecule has 0 unspecified atom stereocenters. The molecule has 2 heterocycles. The first kappa shape index (κ1) is 13.5. The van der Waals surface area contributed by atoms with Crippen molar-refractivity contribution in [3.63, 3.8) is 0 Å². The summed E-state index contributed by atoms with van der Waals surface area (Å²) in [4.78, 5) is 30.2. The molecule has 0 bridgehead atoms. The summed E-state index contributed by atoms with van der Waals surface area (Å²) in [5.41, 5.74) is -0.00319. The van der Waals surface area contributed by atoms with Gasteiger partial charge in [0.25, 0.3) is 5.91 Å². The lowest BCUT2D eigenvalue weighted by Crippen LogP contribution is -2.27. The van der Waals surface area contributed by atoms with Gasteiger partial charge >= 0.3 is 5.69 Å². The van der Waals surface area contributed by atoms with E-state index in [1.54, 1.807) is 18.2 Å². The van der Waals surface area contributed by atoms with Gasteiger partial charge in [-0.2, -0.15) is 4.98 Å². The molecule has 0 spiro atoms. The fourth-order valence-electron chi connectivity index (χ4n) is 1.42. The Hall–Kier alpha value is -1.92. The second-order valence-corrected chi connectivity index (χ2v) is 5.30. The maximum absolute atomic E-state index is 11.7. The molecular formula is C12H10ClN3O2S. The summed E-state index contributed by atoms with van der Waals surface area (Å²) in [6, 6.07) is 5.00. The molecule has 19 heavy (non-hydrogen) atoms. The maximum Gasteiger partial charge on any atom is 0.346 e. The SMILES string of the molecule is C=CCNC(=O)c1cc(-c2ccc(Cl)s2)[nH]c(=O)n1. The van der Waals surface area contributed by atoms with Crippen molar-refractivity contribution in [1.82, 2.24) is 15.3 Å². The van der Waals surface area contributed by atoms with Gasteiger partial charge in [0, 0.05) is 6.54 Å². The van der Waals surface area contributed by atoms with Crippen LogP contribution in [0.3, 0.4) is 0 Å². The average molecular weight is 296 g/mol. The normalized spacial score (nSPS) is 10.2. The Morgan fingerprint density at radius 2 is 2.37 bits per heavy atom. The van der Waals surface area contributed by atoms with Gasteiger partial charge in [0.05, 0.1) is 14.9 Å². The standard InChI is InChI=1S/C12H10ClN3O2S/c1-2-5-14-11(17)8-6-7(15-12(18)16-8)9-3-4-10(13)19-9/h2-4,6H,1,5H2,(H,14,17)(H,15,16,18). The van der Waals surface area contributed by atoms with Gasteiger partial charge in [0.15, 0.2) is 0 Å². The number of aromatic amines is 1. The fourth-order valence-corrected chi connectivity index (χ4v) is 2.44. The Labute approximate surface area is 118 Å². The zero-order valence-corrected chi connectivity index (χ0v) is 11.3. The molecule has 0 fully saturated rings. The third-order valence-electron chi connectivity index (χ3n) is 2.22. The number of hydrogen-bond acceptors (Lipinski definition) is 4. The first-order valence-corrected chi connectivity index (χ1v) is 6.56. The molecule has 2 N–H and O–H groups in total. The number of carbonyl (C=O) groups excluding carboxylic acids is 1. The molecule has 0 radical (unpaired) electrons. The molecule has 0 aromatic carbocycles. The van der Waals surface area contributed by atoms with E-state index < -0.39 is 11.6 Å². The lowest BCUT2D eigenvalue weighted by atomic mass is 10.2. The Kier molecular flexibility index (Phi) is 4.13. The van der Waals surface area contributed by atoms with Crippen molar-refractivity contribution in [3.8, 4) is 10.6 Å². The quantitative estimate of drug-likeness (QED) is 0.848. The number of carbonyl (C=O) groups is 1. The molecule has 98 valence electrons. The second kappa shape index (κ2) is 5.81. The number of amides is 1. The lowest BCUT2D eigenvalue weighted by Gasteiger charge is -2.03. The molecule has 7 heteroatoms. The predicted octanol–water partition coefficient (Wildman–Crippen LogP) is 2.07. The van der Waals surface area contributed by atoms with Crippen LogP contribution in [0.2, 0.25) is 4.34 Å². The molecule has 1 amide bonds. The summed E-state index contributed by atoms with van der Waals surface area (Å²) < 4.78 is 0.602. The summed E-state index contributed by atoms with van der Waals surface area (Å²) in [5.74, 6) is -0.421. The smallest absolute Gasteiger partial charge is 0.346 e. The monoisotopic (exact) mass is 295 g/mol. The highest BCUT2D eigenvalue weighted by Crippen LogP contribution is 2.29. The van der Waals surface area contributed by atoms with Crippen LogP contribution in [0, 0.1) is 0 Å². The van der Waals surface area contributed by atoms with Gasteiger partial charge in [0.2, 0.25) is 0 Å². The number of nitrogens with zero attached hydrogens (tertiary/aromatic N) is 1. The molecule has 5 nitrogen and oxygen atoms in total. The molecule has 0 aliphatic carbocycles. The molecule has 0 saturated heterocycles. The second-order valence-electron chi connectivity index (χ2n) is 3.59. The summed E-state index contributed by atoms with van der Waals surface area (Å²) in [5, 5.41) is 2.56. The van der Waals surface area contributed by atoms with Gasteiger partial charge in [-0.25, -0.2) is 4.79 Å². The zero-order chi connectivity index (χ0) is 13.8. The Morgan fingerprint density at radius 3 is 3.00 bits per heavy atom. The van der Waals surface area contributed by atoms with Gasteiger partial charge in [-0.1, -0.05) is 17.7 Å². The van der Waals surface area contributed by atoms with Crippen LogP contribution >= 0.6 is 22.9 Å². The van der Waals surface area contributed by atoms with Crippen LogP contribution < -0.4 is 11.0 Å². The number of nitrogens with one attached hydrogen (secondary N) is 2. The highest BCUT2D eigenvalue weighted by Gasteiger charge is 2.11. The highest BCUT2D eigenvalue weighted by molar-refractivity contribution is 7.19. The molecule has 2 rings (SSSR count). The largest absolute Gasteiger partial charge is 0.347 e. The van der Waals surface area contributed by atoms with E-state index in [0.29, 0.717) is 16.6 Å². The van der Waals surface area contributed by atoms with Crippen LogP contribution in [-0.4, -0.2) is 22.4 Å². The van der Waals surface area contributed by atoms with Crippen LogP contribution in [0.4, 0.5) is 0 Å². The van der Waals surface area contributed by atoms with Crippen molar-refractivity contribution in [2.45, 2.75) is 0 Å². The van der Waals surface area contributed by atoms with Crippen molar-refractivity contribution in [1.29, 1.82) is 0 Å². The first-order valence-electron chi connectivity index (χ1n) is 5.36. The first-order chi connectivity index (χ1) is 9.10. The third-order valence-corrected chi connectivity index (χ3v) is 3.49.